The molecule has 0 aliphatic rings. The molecule has 2 N–H and O–H groups in total. The Bertz CT molecular complexity index is 1130. The molecule has 33 heavy (non-hydrogen) atoms. The van der Waals surface area contributed by atoms with Crippen LogP contribution in [-0.2, 0) is 27.5 Å². The maximum Gasteiger partial charge on any atom is 0.291 e. The van der Waals surface area contributed by atoms with Gasteiger partial charge < -0.3 is 24.2 Å². The van der Waals surface area contributed by atoms with Gasteiger partial charge in [0.05, 0.1) is 6.54 Å². The Morgan fingerprint density at radius 3 is 2.48 bits per heavy atom. The number of nitrogens with one attached hydrogen (secondary N) is 2. The van der Waals surface area contributed by atoms with E-state index < -0.39 is 11.7 Å². The lowest BCUT2D eigenvalue weighted by Crippen LogP contribution is -2.34. The van der Waals surface area contributed by atoms with Crippen LogP contribution in [0, 0.1) is 12.8 Å². The van der Waals surface area contributed by atoms with Crippen LogP contribution in [0.1, 0.15) is 48.0 Å². The maximum atomic E-state index is 12.3. The van der Waals surface area contributed by atoms with E-state index in [1.54, 1.807) is 57.4 Å². The third-order valence-corrected chi connectivity index (χ3v) is 5.15. The number of aromatic nitrogens is 1. The van der Waals surface area contributed by atoms with Crippen molar-refractivity contribution < 1.29 is 28.0 Å². The number of benzene rings is 1. The molecule has 3 aromatic rings. The molecular weight excluding hydrogens is 426 g/mol. The summed E-state index contributed by atoms with van der Waals surface area (Å²) in [5, 5.41) is 5.36. The molecule has 2 aromatic heterocycles. The highest BCUT2D eigenvalue weighted by molar-refractivity contribution is 6.36. The van der Waals surface area contributed by atoms with Gasteiger partial charge in [-0.1, -0.05) is 13.8 Å². The van der Waals surface area contributed by atoms with E-state index >= 15 is 0 Å². The van der Waals surface area contributed by atoms with E-state index in [0.717, 1.165) is 0 Å². The summed E-state index contributed by atoms with van der Waals surface area (Å²) in [4.78, 5) is 40.7. The summed E-state index contributed by atoms with van der Waals surface area (Å²) in [6, 6.07) is 10.2. The molecule has 0 bridgehead atoms. The van der Waals surface area contributed by atoms with Crippen LogP contribution < -0.4 is 10.6 Å². The zero-order valence-corrected chi connectivity index (χ0v) is 19.1. The van der Waals surface area contributed by atoms with Gasteiger partial charge >= 0.3 is 0 Å². The smallest absolute Gasteiger partial charge is 0.291 e. The molecule has 3 rings (SSSR count). The Labute approximate surface area is 191 Å². The van der Waals surface area contributed by atoms with Crippen molar-refractivity contribution in [2.45, 2.75) is 40.3 Å². The van der Waals surface area contributed by atoms with Crippen LogP contribution in [0.25, 0.3) is 11.5 Å². The van der Waals surface area contributed by atoms with E-state index in [0.29, 0.717) is 40.8 Å². The summed E-state index contributed by atoms with van der Waals surface area (Å²) in [6.07, 6.45) is 0.603. The van der Waals surface area contributed by atoms with E-state index in [4.69, 9.17) is 13.6 Å². The number of rotatable bonds is 10. The molecule has 2 heterocycles. The zero-order valence-electron chi connectivity index (χ0n) is 19.1. The molecule has 0 radical (unpaired) electrons. The average molecular weight is 453 g/mol. The van der Waals surface area contributed by atoms with Gasteiger partial charge in [-0.3, -0.25) is 14.4 Å². The summed E-state index contributed by atoms with van der Waals surface area (Å²) in [6.45, 7) is 5.71. The van der Waals surface area contributed by atoms with Gasteiger partial charge in [0, 0.05) is 24.3 Å². The van der Waals surface area contributed by atoms with Crippen LogP contribution in [0.15, 0.2) is 45.2 Å². The average Bonchev–Trinajstić information content (AvgIpc) is 3.43. The number of anilines is 1. The Kier molecular flexibility index (Phi) is 7.78. The van der Waals surface area contributed by atoms with Gasteiger partial charge in [-0.25, -0.2) is 4.98 Å². The number of carbonyl (C=O) groups is 3. The van der Waals surface area contributed by atoms with Crippen LogP contribution in [0.3, 0.4) is 0 Å². The number of carbonyl (C=O) groups excluding carboxylic acids is 3. The number of aryl methyl sites for hydroxylation is 1. The molecule has 0 aliphatic heterocycles. The van der Waals surface area contributed by atoms with Gasteiger partial charge in [0.1, 0.15) is 23.8 Å². The first-order chi connectivity index (χ1) is 15.8. The number of oxazole rings is 1. The predicted octanol–water partition coefficient (Wildman–Crippen LogP) is 3.87. The van der Waals surface area contributed by atoms with Gasteiger partial charge in [-0.05, 0) is 49.7 Å². The molecule has 2 amide bonds. The lowest BCUT2D eigenvalue weighted by atomic mass is 10.0. The number of Topliss-reactive ketones (excluding diaryl/α,β-unsaturated/α-hetero) is 1. The van der Waals surface area contributed by atoms with Crippen LogP contribution in [0.2, 0.25) is 0 Å². The number of furan rings is 1. The van der Waals surface area contributed by atoms with E-state index in [2.05, 4.69) is 15.6 Å². The number of hydrogen-bond donors (Lipinski definition) is 2. The number of amides is 2. The summed E-state index contributed by atoms with van der Waals surface area (Å²) in [7, 11) is 1.55. The Hall–Kier alpha value is -3.72. The summed E-state index contributed by atoms with van der Waals surface area (Å²) < 4.78 is 16.1. The van der Waals surface area contributed by atoms with Crippen LogP contribution in [-0.4, -0.2) is 29.7 Å². The largest absolute Gasteiger partial charge is 0.453 e. The monoisotopic (exact) mass is 453 g/mol. The van der Waals surface area contributed by atoms with Crippen molar-refractivity contribution in [3.05, 3.63) is 59.4 Å². The minimum atomic E-state index is -0.626. The lowest BCUT2D eigenvalue weighted by Gasteiger charge is -2.07. The minimum Gasteiger partial charge on any atom is -0.453 e. The molecule has 174 valence electrons. The quantitative estimate of drug-likeness (QED) is 0.447. The molecule has 0 saturated carbocycles. The lowest BCUT2D eigenvalue weighted by molar-refractivity contribution is -0.140. The number of ether oxygens (including phenoxy) is 1. The van der Waals surface area contributed by atoms with Gasteiger partial charge in [0.25, 0.3) is 11.8 Å². The molecular formula is C24H27N3O6. The fourth-order valence-electron chi connectivity index (χ4n) is 2.98. The third kappa shape index (κ3) is 5.95. The second-order valence-corrected chi connectivity index (χ2v) is 7.61. The SMILES string of the molecule is CCC(C)C(=O)C(=O)NCc1nc(-c2ccc(NC(=O)c3ccc(COC)o3)cc2)oc1C. The first kappa shape index (κ1) is 23.9. The fraction of sp³-hybridized carbons (Fsp3) is 0.333. The van der Waals surface area contributed by atoms with Gasteiger partial charge in [-0.15, -0.1) is 0 Å². The highest BCUT2D eigenvalue weighted by Gasteiger charge is 2.20. The van der Waals surface area contributed by atoms with E-state index in [1.807, 2.05) is 6.92 Å². The highest BCUT2D eigenvalue weighted by atomic mass is 16.5. The van der Waals surface area contributed by atoms with Crippen LogP contribution in [0.4, 0.5) is 5.69 Å². The van der Waals surface area contributed by atoms with Crippen molar-refractivity contribution in [3.63, 3.8) is 0 Å². The maximum absolute atomic E-state index is 12.3. The van der Waals surface area contributed by atoms with Crippen molar-refractivity contribution >= 4 is 23.3 Å². The zero-order chi connectivity index (χ0) is 24.0. The van der Waals surface area contributed by atoms with Crippen molar-refractivity contribution in [1.29, 1.82) is 0 Å². The van der Waals surface area contributed by atoms with Crippen molar-refractivity contribution in [2.24, 2.45) is 5.92 Å². The van der Waals surface area contributed by atoms with E-state index in [-0.39, 0.29) is 30.7 Å². The van der Waals surface area contributed by atoms with E-state index in [1.165, 1.54) is 0 Å². The molecule has 9 nitrogen and oxygen atoms in total. The Morgan fingerprint density at radius 2 is 1.82 bits per heavy atom. The van der Waals surface area contributed by atoms with Gasteiger partial charge in [0.15, 0.2) is 5.76 Å². The Morgan fingerprint density at radius 1 is 1.09 bits per heavy atom. The highest BCUT2D eigenvalue weighted by Crippen LogP contribution is 2.24. The summed E-state index contributed by atoms with van der Waals surface area (Å²) in [5.74, 6) is -0.0941. The van der Waals surface area contributed by atoms with Crippen molar-refractivity contribution in [3.8, 4) is 11.5 Å². The molecule has 0 fully saturated rings. The van der Waals surface area contributed by atoms with Crippen molar-refractivity contribution in [2.75, 3.05) is 12.4 Å². The molecule has 0 saturated heterocycles. The second-order valence-electron chi connectivity index (χ2n) is 7.61. The van der Waals surface area contributed by atoms with E-state index in [9.17, 15) is 14.4 Å². The molecule has 1 unspecified atom stereocenters. The van der Waals surface area contributed by atoms with Gasteiger partial charge in [-0.2, -0.15) is 0 Å². The fourth-order valence-corrected chi connectivity index (χ4v) is 2.98. The summed E-state index contributed by atoms with van der Waals surface area (Å²) in [5.41, 5.74) is 1.81. The number of nitrogens with zero attached hydrogens (tertiary/aromatic N) is 1. The topological polar surface area (TPSA) is 124 Å². The number of hydrogen-bond acceptors (Lipinski definition) is 7. The normalized spacial score (nSPS) is 11.8. The van der Waals surface area contributed by atoms with Gasteiger partial charge in [0.2, 0.25) is 11.7 Å². The third-order valence-electron chi connectivity index (χ3n) is 5.15. The predicted molar refractivity (Wildman–Crippen MR) is 120 cm³/mol. The molecule has 1 atom stereocenters. The number of methoxy groups -OCH3 is 1. The summed E-state index contributed by atoms with van der Waals surface area (Å²) >= 11 is 0. The molecule has 0 spiro atoms. The van der Waals surface area contributed by atoms with Crippen molar-refractivity contribution in [1.82, 2.24) is 10.3 Å². The first-order valence-corrected chi connectivity index (χ1v) is 10.6. The van der Waals surface area contributed by atoms with Crippen LogP contribution in [0.5, 0.6) is 0 Å². The molecule has 1 aromatic carbocycles. The standard InChI is InChI=1S/C24H27N3O6/c1-5-14(2)21(28)23(30)25-12-19-15(3)32-24(27-19)16-6-8-17(9-7-16)26-22(29)20-11-10-18(33-20)13-31-4/h6-11,14H,5,12-13H2,1-4H3,(H,25,30)(H,26,29). The Balaban J connectivity index is 1.62. The molecule has 9 heteroatoms. The molecule has 0 aliphatic carbocycles. The second kappa shape index (κ2) is 10.7. The number of ketones is 1. The van der Waals surface area contributed by atoms with Crippen LogP contribution >= 0.6 is 0 Å². The minimum absolute atomic E-state index is 0.0959. The first-order valence-electron chi connectivity index (χ1n) is 10.6.